The molecule has 0 amide bonds. The van der Waals surface area contributed by atoms with Crippen molar-refractivity contribution in [2.75, 3.05) is 0 Å². The standard InChI is InChI=1S/C15H12N2O3/c1-10(13(18)11-6-3-2-4-7-11)15-16-14(17-20-15)12-8-5-9-19-12/h2-10H,1H3. The largest absolute Gasteiger partial charge is 0.461 e. The van der Waals surface area contributed by atoms with Crippen molar-refractivity contribution in [3.63, 3.8) is 0 Å². The highest BCUT2D eigenvalue weighted by Gasteiger charge is 2.23. The molecule has 0 spiro atoms. The molecule has 1 aromatic carbocycles. The summed E-state index contributed by atoms with van der Waals surface area (Å²) in [5, 5.41) is 3.82. The highest BCUT2D eigenvalue weighted by molar-refractivity contribution is 6.00. The first kappa shape index (κ1) is 12.3. The molecule has 1 unspecified atom stereocenters. The first-order valence-corrected chi connectivity index (χ1v) is 6.22. The van der Waals surface area contributed by atoms with Crippen LogP contribution in [0.2, 0.25) is 0 Å². The summed E-state index contributed by atoms with van der Waals surface area (Å²) in [6, 6.07) is 12.5. The van der Waals surface area contributed by atoms with Crippen LogP contribution in [-0.4, -0.2) is 15.9 Å². The van der Waals surface area contributed by atoms with Crippen LogP contribution in [-0.2, 0) is 0 Å². The summed E-state index contributed by atoms with van der Waals surface area (Å²) in [6.45, 7) is 1.74. The molecule has 20 heavy (non-hydrogen) atoms. The minimum absolute atomic E-state index is 0.0553. The Bertz CT molecular complexity index is 702. The maximum atomic E-state index is 12.3. The van der Waals surface area contributed by atoms with Crippen molar-refractivity contribution in [3.05, 3.63) is 60.2 Å². The maximum absolute atomic E-state index is 12.3. The van der Waals surface area contributed by atoms with Gasteiger partial charge in [-0.3, -0.25) is 4.79 Å². The molecule has 3 aromatic rings. The molecule has 5 heteroatoms. The fourth-order valence-electron chi connectivity index (χ4n) is 1.88. The Morgan fingerprint density at radius 1 is 1.15 bits per heavy atom. The van der Waals surface area contributed by atoms with E-state index >= 15 is 0 Å². The van der Waals surface area contributed by atoms with E-state index in [2.05, 4.69) is 10.1 Å². The Morgan fingerprint density at radius 2 is 1.95 bits per heavy atom. The van der Waals surface area contributed by atoms with Crippen LogP contribution in [0.25, 0.3) is 11.6 Å². The van der Waals surface area contributed by atoms with Crippen molar-refractivity contribution in [2.45, 2.75) is 12.8 Å². The van der Waals surface area contributed by atoms with Gasteiger partial charge in [-0.1, -0.05) is 35.5 Å². The Labute approximate surface area is 115 Å². The molecule has 0 aliphatic carbocycles. The van der Waals surface area contributed by atoms with Crippen molar-refractivity contribution in [1.82, 2.24) is 10.1 Å². The third-order valence-electron chi connectivity index (χ3n) is 3.01. The summed E-state index contributed by atoms with van der Waals surface area (Å²) < 4.78 is 10.3. The van der Waals surface area contributed by atoms with Crippen LogP contribution in [0.15, 0.2) is 57.7 Å². The van der Waals surface area contributed by atoms with E-state index in [-0.39, 0.29) is 11.7 Å². The number of carbonyl (C=O) groups is 1. The zero-order valence-electron chi connectivity index (χ0n) is 10.8. The zero-order valence-corrected chi connectivity index (χ0v) is 10.8. The summed E-state index contributed by atoms with van der Waals surface area (Å²) >= 11 is 0. The predicted octanol–water partition coefficient (Wildman–Crippen LogP) is 3.32. The molecule has 2 aromatic heterocycles. The molecule has 0 saturated heterocycles. The van der Waals surface area contributed by atoms with E-state index in [0.29, 0.717) is 17.1 Å². The number of rotatable bonds is 4. The second-order valence-electron chi connectivity index (χ2n) is 4.39. The van der Waals surface area contributed by atoms with E-state index in [4.69, 9.17) is 8.94 Å². The lowest BCUT2D eigenvalue weighted by molar-refractivity contribution is 0.0951. The number of benzene rings is 1. The summed E-state index contributed by atoms with van der Waals surface area (Å²) in [5.41, 5.74) is 0.623. The van der Waals surface area contributed by atoms with Gasteiger partial charge in [-0.15, -0.1) is 0 Å². The van der Waals surface area contributed by atoms with E-state index < -0.39 is 5.92 Å². The van der Waals surface area contributed by atoms with Crippen LogP contribution in [0, 0.1) is 0 Å². The van der Waals surface area contributed by atoms with Gasteiger partial charge in [0.2, 0.25) is 11.7 Å². The van der Waals surface area contributed by atoms with Crippen molar-refractivity contribution in [2.24, 2.45) is 0 Å². The Morgan fingerprint density at radius 3 is 2.65 bits per heavy atom. The average molecular weight is 268 g/mol. The Kier molecular flexibility index (Phi) is 3.16. The second-order valence-corrected chi connectivity index (χ2v) is 4.39. The Balaban J connectivity index is 1.84. The second kappa shape index (κ2) is 5.13. The highest BCUT2D eigenvalue weighted by atomic mass is 16.5. The molecule has 0 saturated carbocycles. The topological polar surface area (TPSA) is 69.1 Å². The van der Waals surface area contributed by atoms with Gasteiger partial charge in [-0.05, 0) is 19.1 Å². The van der Waals surface area contributed by atoms with Gasteiger partial charge < -0.3 is 8.94 Å². The van der Waals surface area contributed by atoms with Crippen LogP contribution in [0.4, 0.5) is 0 Å². The molecule has 0 aliphatic rings. The monoisotopic (exact) mass is 268 g/mol. The van der Waals surface area contributed by atoms with E-state index in [9.17, 15) is 4.79 Å². The lowest BCUT2D eigenvalue weighted by atomic mass is 9.99. The van der Waals surface area contributed by atoms with Crippen molar-refractivity contribution < 1.29 is 13.7 Å². The number of aromatic nitrogens is 2. The number of furan rings is 1. The SMILES string of the molecule is CC(C(=O)c1ccccc1)c1nc(-c2ccco2)no1. The predicted molar refractivity (Wildman–Crippen MR) is 71.2 cm³/mol. The lowest BCUT2D eigenvalue weighted by Crippen LogP contribution is -2.09. The molecule has 5 nitrogen and oxygen atoms in total. The fourth-order valence-corrected chi connectivity index (χ4v) is 1.88. The first-order chi connectivity index (χ1) is 9.75. The molecule has 3 rings (SSSR count). The number of ketones is 1. The molecule has 0 fully saturated rings. The molecule has 0 aliphatic heterocycles. The number of carbonyl (C=O) groups excluding carboxylic acids is 1. The van der Waals surface area contributed by atoms with E-state index in [1.807, 2.05) is 18.2 Å². The van der Waals surface area contributed by atoms with Crippen molar-refractivity contribution >= 4 is 5.78 Å². The van der Waals surface area contributed by atoms with Gasteiger partial charge in [0.1, 0.15) is 0 Å². The minimum atomic E-state index is -0.492. The molecule has 1 atom stereocenters. The summed E-state index contributed by atoms with van der Waals surface area (Å²) in [7, 11) is 0. The smallest absolute Gasteiger partial charge is 0.238 e. The van der Waals surface area contributed by atoms with Crippen LogP contribution < -0.4 is 0 Å². The Hall–Kier alpha value is -2.69. The van der Waals surface area contributed by atoms with Crippen LogP contribution in [0.3, 0.4) is 0 Å². The fraction of sp³-hybridized carbons (Fsp3) is 0.133. The van der Waals surface area contributed by atoms with Gasteiger partial charge in [0, 0.05) is 5.56 Å². The lowest BCUT2D eigenvalue weighted by Gasteiger charge is -2.04. The van der Waals surface area contributed by atoms with Gasteiger partial charge in [-0.25, -0.2) is 0 Å². The summed E-state index contributed by atoms with van der Waals surface area (Å²) in [5.74, 6) is 0.594. The van der Waals surface area contributed by atoms with Crippen LogP contribution >= 0.6 is 0 Å². The van der Waals surface area contributed by atoms with Crippen LogP contribution in [0.5, 0.6) is 0 Å². The maximum Gasteiger partial charge on any atom is 0.238 e. The number of Topliss-reactive ketones (excluding diaryl/α,β-unsaturated/α-hetero) is 1. The van der Waals surface area contributed by atoms with Gasteiger partial charge in [-0.2, -0.15) is 4.98 Å². The van der Waals surface area contributed by atoms with Gasteiger partial charge in [0.05, 0.1) is 12.2 Å². The van der Waals surface area contributed by atoms with Crippen molar-refractivity contribution in [3.8, 4) is 11.6 Å². The van der Waals surface area contributed by atoms with E-state index in [1.54, 1.807) is 31.2 Å². The number of hydrogen-bond acceptors (Lipinski definition) is 5. The summed E-state index contributed by atoms with van der Waals surface area (Å²) in [6.07, 6.45) is 1.53. The quantitative estimate of drug-likeness (QED) is 0.679. The first-order valence-electron chi connectivity index (χ1n) is 6.22. The molecule has 0 radical (unpaired) electrons. The average Bonchev–Trinajstić information content (AvgIpc) is 3.17. The van der Waals surface area contributed by atoms with Gasteiger partial charge in [0.15, 0.2) is 11.5 Å². The third-order valence-corrected chi connectivity index (χ3v) is 3.01. The normalized spacial score (nSPS) is 12.2. The number of nitrogens with zero attached hydrogens (tertiary/aromatic N) is 2. The molecule has 100 valence electrons. The zero-order chi connectivity index (χ0) is 13.9. The summed E-state index contributed by atoms with van der Waals surface area (Å²) in [4.78, 5) is 16.5. The number of hydrogen-bond donors (Lipinski definition) is 0. The molecule has 0 bridgehead atoms. The molecule has 0 N–H and O–H groups in total. The molecular weight excluding hydrogens is 256 g/mol. The van der Waals surface area contributed by atoms with Crippen molar-refractivity contribution in [1.29, 1.82) is 0 Å². The highest BCUT2D eigenvalue weighted by Crippen LogP contribution is 2.22. The van der Waals surface area contributed by atoms with E-state index in [0.717, 1.165) is 0 Å². The minimum Gasteiger partial charge on any atom is -0.461 e. The third kappa shape index (κ3) is 2.25. The van der Waals surface area contributed by atoms with Gasteiger partial charge >= 0.3 is 0 Å². The molecular formula is C15H12N2O3. The van der Waals surface area contributed by atoms with Gasteiger partial charge in [0.25, 0.3) is 0 Å². The van der Waals surface area contributed by atoms with E-state index in [1.165, 1.54) is 6.26 Å². The van der Waals surface area contributed by atoms with Crippen LogP contribution in [0.1, 0.15) is 29.1 Å². The molecule has 2 heterocycles.